The van der Waals surface area contributed by atoms with Gasteiger partial charge in [0.05, 0.1) is 4.91 Å². The van der Waals surface area contributed by atoms with Crippen molar-refractivity contribution in [1.29, 1.82) is 0 Å². The van der Waals surface area contributed by atoms with E-state index in [2.05, 4.69) is 39.6 Å². The van der Waals surface area contributed by atoms with Gasteiger partial charge in [-0.05, 0) is 110 Å². The van der Waals surface area contributed by atoms with Gasteiger partial charge in [0.15, 0.2) is 0 Å². The maximum atomic E-state index is 11.8. The zero-order valence-corrected chi connectivity index (χ0v) is 22.9. The van der Waals surface area contributed by atoms with E-state index in [9.17, 15) is 9.59 Å². The molecule has 2 aliphatic heterocycles. The first-order valence-corrected chi connectivity index (χ1v) is 13.5. The summed E-state index contributed by atoms with van der Waals surface area (Å²) in [6.07, 6.45) is 5.22. The first-order chi connectivity index (χ1) is 18.2. The fourth-order valence-electron chi connectivity index (χ4n) is 4.97. The highest BCUT2D eigenvalue weighted by Gasteiger charge is 2.35. The minimum atomic E-state index is -0.456. The quantitative estimate of drug-likeness (QED) is 0.268. The number of carbonyl (C=O) groups is 2. The van der Waals surface area contributed by atoms with Gasteiger partial charge >= 0.3 is 0 Å². The molecule has 1 saturated heterocycles. The summed E-state index contributed by atoms with van der Waals surface area (Å²) in [6, 6.07) is 11.9. The monoisotopic (exact) mass is 529 g/mol. The van der Waals surface area contributed by atoms with Gasteiger partial charge in [-0.2, -0.15) is 0 Å². The van der Waals surface area contributed by atoms with Crippen molar-refractivity contribution in [1.82, 2.24) is 5.32 Å². The molecule has 3 aromatic carbocycles. The lowest BCUT2D eigenvalue weighted by Crippen LogP contribution is -2.42. The van der Waals surface area contributed by atoms with Gasteiger partial charge in [-0.3, -0.25) is 14.9 Å². The summed E-state index contributed by atoms with van der Waals surface area (Å²) < 4.78 is 18.8. The van der Waals surface area contributed by atoms with Crippen LogP contribution in [0.25, 0.3) is 16.8 Å². The third-order valence-corrected chi connectivity index (χ3v) is 8.04. The van der Waals surface area contributed by atoms with Gasteiger partial charge in [-0.15, -0.1) is 0 Å². The predicted octanol–water partition coefficient (Wildman–Crippen LogP) is 6.82. The van der Waals surface area contributed by atoms with Gasteiger partial charge in [0.25, 0.3) is 11.1 Å². The van der Waals surface area contributed by atoms with Crippen LogP contribution in [0, 0.1) is 20.8 Å². The van der Waals surface area contributed by atoms with E-state index in [4.69, 9.17) is 14.2 Å². The molecule has 2 heterocycles. The van der Waals surface area contributed by atoms with Crippen LogP contribution in [0.4, 0.5) is 4.79 Å². The molecule has 2 amide bonds. The predicted molar refractivity (Wildman–Crippen MR) is 152 cm³/mol. The Morgan fingerprint density at radius 1 is 1.05 bits per heavy atom. The summed E-state index contributed by atoms with van der Waals surface area (Å²) in [4.78, 5) is 23.7. The second-order valence-electron chi connectivity index (χ2n) is 10.1. The molecule has 0 saturated carbocycles. The number of thioether (sulfide) groups is 1. The minimum Gasteiger partial charge on any atom is -0.489 e. The van der Waals surface area contributed by atoms with Crippen LogP contribution in [0.15, 0.2) is 54.0 Å². The van der Waals surface area contributed by atoms with E-state index in [1.165, 1.54) is 5.56 Å². The van der Waals surface area contributed by atoms with Crippen molar-refractivity contribution in [2.24, 2.45) is 0 Å². The van der Waals surface area contributed by atoms with Crippen molar-refractivity contribution >= 4 is 39.8 Å². The standard InChI is InChI=1S/C31H31NO5S/c1-6-13-35-27-18(2)19(3)28-25(20(27)4)11-12-31(5,37-28)17-36-24-10-9-22-14-21(7-8-23(22)16-24)15-26-29(33)32-30(34)38-26/h6-10,14-16H,1,11-13,17H2,2-5H3,(H,32,33,34)/b26-15-. The number of amides is 2. The van der Waals surface area contributed by atoms with Crippen molar-refractivity contribution in [2.45, 2.75) is 46.1 Å². The molecule has 1 atom stereocenters. The molecule has 7 heteroatoms. The molecular weight excluding hydrogens is 498 g/mol. The van der Waals surface area contributed by atoms with Crippen LogP contribution in [-0.2, 0) is 11.2 Å². The Labute approximate surface area is 227 Å². The molecule has 0 bridgehead atoms. The van der Waals surface area contributed by atoms with Gasteiger partial charge < -0.3 is 14.2 Å². The Hall–Kier alpha value is -3.71. The molecule has 5 rings (SSSR count). The smallest absolute Gasteiger partial charge is 0.290 e. The molecule has 0 aliphatic carbocycles. The molecule has 0 aromatic heterocycles. The lowest BCUT2D eigenvalue weighted by atomic mass is 9.87. The van der Waals surface area contributed by atoms with Crippen LogP contribution >= 0.6 is 11.8 Å². The first-order valence-electron chi connectivity index (χ1n) is 12.6. The molecule has 1 unspecified atom stereocenters. The molecule has 0 spiro atoms. The van der Waals surface area contributed by atoms with Crippen LogP contribution in [0.5, 0.6) is 17.2 Å². The van der Waals surface area contributed by atoms with Crippen molar-refractivity contribution in [3.05, 3.63) is 81.8 Å². The maximum Gasteiger partial charge on any atom is 0.290 e. The summed E-state index contributed by atoms with van der Waals surface area (Å²) in [6.45, 7) is 13.0. The Kier molecular flexibility index (Phi) is 6.97. The third-order valence-electron chi connectivity index (χ3n) is 7.23. The van der Waals surface area contributed by atoms with Crippen LogP contribution < -0.4 is 19.5 Å². The number of hydrogen-bond donors (Lipinski definition) is 1. The molecule has 0 radical (unpaired) electrons. The number of imide groups is 1. The Balaban J connectivity index is 1.31. The van der Waals surface area contributed by atoms with Crippen LogP contribution in [0.2, 0.25) is 0 Å². The van der Waals surface area contributed by atoms with E-state index in [1.54, 1.807) is 12.2 Å². The van der Waals surface area contributed by atoms with Gasteiger partial charge in [-0.25, -0.2) is 0 Å². The van der Waals surface area contributed by atoms with E-state index in [0.717, 1.165) is 74.9 Å². The number of benzene rings is 3. The Morgan fingerprint density at radius 2 is 1.82 bits per heavy atom. The topological polar surface area (TPSA) is 73.9 Å². The largest absolute Gasteiger partial charge is 0.489 e. The fraction of sp³-hybridized carbons (Fsp3) is 0.290. The van der Waals surface area contributed by atoms with E-state index >= 15 is 0 Å². The molecule has 3 aromatic rings. The van der Waals surface area contributed by atoms with E-state index < -0.39 is 5.60 Å². The highest BCUT2D eigenvalue weighted by molar-refractivity contribution is 8.18. The van der Waals surface area contributed by atoms with Crippen molar-refractivity contribution in [3.8, 4) is 17.2 Å². The molecule has 2 aliphatic rings. The Bertz CT molecular complexity index is 1510. The first kappa shape index (κ1) is 25.9. The maximum absolute atomic E-state index is 11.8. The van der Waals surface area contributed by atoms with Crippen LogP contribution in [0.1, 0.15) is 41.2 Å². The fourth-order valence-corrected chi connectivity index (χ4v) is 5.65. The average molecular weight is 530 g/mol. The SMILES string of the molecule is C=CCOc1c(C)c(C)c2c(c1C)CCC(C)(COc1ccc3cc(/C=C4\SC(=O)NC4=O)ccc3c1)O2. The van der Waals surface area contributed by atoms with E-state index in [1.807, 2.05) is 36.4 Å². The highest BCUT2D eigenvalue weighted by atomic mass is 32.2. The molecule has 38 heavy (non-hydrogen) atoms. The second-order valence-corrected chi connectivity index (χ2v) is 11.1. The van der Waals surface area contributed by atoms with Gasteiger partial charge in [-0.1, -0.05) is 30.9 Å². The zero-order valence-electron chi connectivity index (χ0n) is 22.1. The van der Waals surface area contributed by atoms with E-state index in [0.29, 0.717) is 18.1 Å². The minimum absolute atomic E-state index is 0.342. The van der Waals surface area contributed by atoms with Crippen molar-refractivity contribution in [2.75, 3.05) is 13.2 Å². The van der Waals surface area contributed by atoms with E-state index in [-0.39, 0.29) is 11.1 Å². The summed E-state index contributed by atoms with van der Waals surface area (Å²) in [5, 5.41) is 3.99. The molecule has 1 N–H and O–H groups in total. The Morgan fingerprint density at radius 3 is 2.55 bits per heavy atom. The average Bonchev–Trinajstić information content (AvgIpc) is 3.22. The number of fused-ring (bicyclic) bond motifs is 2. The summed E-state index contributed by atoms with van der Waals surface area (Å²) in [7, 11) is 0. The zero-order chi connectivity index (χ0) is 27.0. The highest BCUT2D eigenvalue weighted by Crippen LogP contribution is 2.44. The van der Waals surface area contributed by atoms with Crippen LogP contribution in [0.3, 0.4) is 0 Å². The van der Waals surface area contributed by atoms with Crippen molar-refractivity contribution < 1.29 is 23.8 Å². The molecule has 1 fully saturated rings. The number of rotatable bonds is 7. The summed E-state index contributed by atoms with van der Waals surface area (Å²) >= 11 is 0.918. The third kappa shape index (κ3) is 5.03. The summed E-state index contributed by atoms with van der Waals surface area (Å²) in [5.41, 5.74) is 4.94. The van der Waals surface area contributed by atoms with Crippen molar-refractivity contribution in [3.63, 3.8) is 0 Å². The number of ether oxygens (including phenoxy) is 3. The van der Waals surface area contributed by atoms with Gasteiger partial charge in [0, 0.05) is 5.56 Å². The molecule has 196 valence electrons. The van der Waals surface area contributed by atoms with Crippen LogP contribution in [-0.4, -0.2) is 30.0 Å². The second kappa shape index (κ2) is 10.2. The normalized spacial score (nSPS) is 19.7. The lowest BCUT2D eigenvalue weighted by Gasteiger charge is -2.38. The number of hydrogen-bond acceptors (Lipinski definition) is 6. The number of carbonyl (C=O) groups excluding carboxylic acids is 2. The summed E-state index contributed by atoms with van der Waals surface area (Å²) in [5.74, 6) is 2.29. The molecular formula is C31H31NO5S. The van der Waals surface area contributed by atoms with Gasteiger partial charge in [0.1, 0.15) is 36.1 Å². The lowest BCUT2D eigenvalue weighted by molar-refractivity contribution is -0.115. The number of nitrogens with one attached hydrogen (secondary N) is 1. The molecule has 6 nitrogen and oxygen atoms in total. The van der Waals surface area contributed by atoms with Gasteiger partial charge in [0.2, 0.25) is 0 Å².